The molecule has 0 aliphatic carbocycles. The summed E-state index contributed by atoms with van der Waals surface area (Å²) in [7, 11) is 1.52. The van der Waals surface area contributed by atoms with Crippen molar-refractivity contribution in [2.75, 3.05) is 12.4 Å². The van der Waals surface area contributed by atoms with Gasteiger partial charge in [-0.1, -0.05) is 17.3 Å². The fraction of sp³-hybridized carbons (Fsp3) is 0.320. The monoisotopic (exact) mass is 451 g/mol. The second-order valence-electron chi connectivity index (χ2n) is 8.01. The normalized spacial score (nSPS) is 10.7. The van der Waals surface area contributed by atoms with Crippen molar-refractivity contribution in [3.05, 3.63) is 70.6 Å². The van der Waals surface area contributed by atoms with Gasteiger partial charge < -0.3 is 24.6 Å². The van der Waals surface area contributed by atoms with Crippen molar-refractivity contribution >= 4 is 17.5 Å². The number of carbonyl (C=O) groups excluding carboxylic acids is 2. The van der Waals surface area contributed by atoms with E-state index in [0.717, 1.165) is 16.8 Å². The first-order valence-electron chi connectivity index (χ1n) is 10.7. The van der Waals surface area contributed by atoms with Crippen LogP contribution in [0.4, 0.5) is 5.69 Å². The molecule has 0 atom stereocenters. The number of nitrogens with one attached hydrogen (secondary N) is 2. The standard InChI is InChI=1S/C25H29N3O5/c1-15(2)26-24(29)12-18-6-9-20(10-7-18)27-25(30)19-8-11-22(23(13-19)31-5)32-14-21-16(3)28-33-17(21)4/h6-11,13,15H,12,14H2,1-5H3,(H,26,29)(H,27,30). The number of aromatic nitrogens is 1. The zero-order valence-electron chi connectivity index (χ0n) is 19.5. The third-order valence-electron chi connectivity index (χ3n) is 5.01. The molecule has 1 aromatic heterocycles. The summed E-state index contributed by atoms with van der Waals surface area (Å²) in [5.41, 5.74) is 3.58. The van der Waals surface area contributed by atoms with E-state index in [1.54, 1.807) is 30.3 Å². The number of nitrogens with zero attached hydrogens (tertiary/aromatic N) is 1. The molecule has 0 fully saturated rings. The lowest BCUT2D eigenvalue weighted by molar-refractivity contribution is -0.120. The van der Waals surface area contributed by atoms with Crippen LogP contribution in [0.3, 0.4) is 0 Å². The van der Waals surface area contributed by atoms with Crippen molar-refractivity contribution in [2.24, 2.45) is 0 Å². The predicted octanol–water partition coefficient (Wildman–Crippen LogP) is 4.20. The highest BCUT2D eigenvalue weighted by atomic mass is 16.5. The summed E-state index contributed by atoms with van der Waals surface area (Å²) in [6, 6.07) is 12.3. The molecule has 0 unspecified atom stereocenters. The molecule has 0 saturated carbocycles. The third kappa shape index (κ3) is 6.35. The Balaban J connectivity index is 1.63. The molecule has 33 heavy (non-hydrogen) atoms. The molecular weight excluding hydrogens is 422 g/mol. The van der Waals surface area contributed by atoms with Gasteiger partial charge in [0.2, 0.25) is 5.91 Å². The van der Waals surface area contributed by atoms with E-state index >= 15 is 0 Å². The van der Waals surface area contributed by atoms with Crippen LogP contribution in [0.1, 0.15) is 46.8 Å². The highest BCUT2D eigenvalue weighted by Crippen LogP contribution is 2.30. The summed E-state index contributed by atoms with van der Waals surface area (Å²) in [4.78, 5) is 24.6. The van der Waals surface area contributed by atoms with Gasteiger partial charge in [-0.2, -0.15) is 0 Å². The summed E-state index contributed by atoms with van der Waals surface area (Å²) in [6.07, 6.45) is 0.291. The summed E-state index contributed by atoms with van der Waals surface area (Å²) < 4.78 is 16.4. The van der Waals surface area contributed by atoms with Gasteiger partial charge in [0, 0.05) is 17.3 Å². The number of hydrogen-bond acceptors (Lipinski definition) is 6. The van der Waals surface area contributed by atoms with Crippen molar-refractivity contribution in [1.29, 1.82) is 0 Å². The first kappa shape index (κ1) is 23.8. The Morgan fingerprint density at radius 2 is 1.79 bits per heavy atom. The third-order valence-corrected chi connectivity index (χ3v) is 5.01. The van der Waals surface area contributed by atoms with Crippen molar-refractivity contribution < 1.29 is 23.6 Å². The van der Waals surface area contributed by atoms with Crippen LogP contribution in [0, 0.1) is 13.8 Å². The Morgan fingerprint density at radius 1 is 1.06 bits per heavy atom. The number of ether oxygens (including phenoxy) is 2. The van der Waals surface area contributed by atoms with Gasteiger partial charge >= 0.3 is 0 Å². The Kier molecular flexibility index (Phi) is 7.71. The molecule has 2 amide bonds. The van der Waals surface area contributed by atoms with Gasteiger partial charge in [0.25, 0.3) is 5.91 Å². The number of hydrogen-bond donors (Lipinski definition) is 2. The quantitative estimate of drug-likeness (QED) is 0.506. The predicted molar refractivity (Wildman–Crippen MR) is 125 cm³/mol. The lowest BCUT2D eigenvalue weighted by Gasteiger charge is -2.13. The van der Waals surface area contributed by atoms with Gasteiger partial charge in [-0.3, -0.25) is 9.59 Å². The largest absolute Gasteiger partial charge is 0.493 e. The van der Waals surface area contributed by atoms with Crippen molar-refractivity contribution in [3.8, 4) is 11.5 Å². The Morgan fingerprint density at radius 3 is 2.39 bits per heavy atom. The second-order valence-corrected chi connectivity index (χ2v) is 8.01. The molecule has 1 heterocycles. The minimum Gasteiger partial charge on any atom is -0.493 e. The number of benzene rings is 2. The molecule has 174 valence electrons. The zero-order chi connectivity index (χ0) is 24.0. The van der Waals surface area contributed by atoms with Crippen LogP contribution >= 0.6 is 0 Å². The number of anilines is 1. The van der Waals surface area contributed by atoms with Gasteiger partial charge in [0.1, 0.15) is 12.4 Å². The molecule has 0 aliphatic rings. The van der Waals surface area contributed by atoms with E-state index in [2.05, 4.69) is 15.8 Å². The van der Waals surface area contributed by atoms with Crippen LogP contribution in [-0.2, 0) is 17.8 Å². The molecule has 0 spiro atoms. The topological polar surface area (TPSA) is 103 Å². The molecule has 8 heteroatoms. The molecule has 3 aromatic rings. The molecule has 0 aliphatic heterocycles. The lowest BCUT2D eigenvalue weighted by atomic mass is 10.1. The van der Waals surface area contributed by atoms with E-state index < -0.39 is 0 Å². The van der Waals surface area contributed by atoms with Crippen LogP contribution in [0.2, 0.25) is 0 Å². The maximum atomic E-state index is 12.7. The highest BCUT2D eigenvalue weighted by molar-refractivity contribution is 6.04. The summed E-state index contributed by atoms with van der Waals surface area (Å²) in [5, 5.41) is 9.63. The summed E-state index contributed by atoms with van der Waals surface area (Å²) in [5.74, 6) is 1.34. The molecular formula is C25H29N3O5. The van der Waals surface area contributed by atoms with E-state index in [1.165, 1.54) is 7.11 Å². The number of amides is 2. The fourth-order valence-corrected chi connectivity index (χ4v) is 3.25. The first-order valence-corrected chi connectivity index (χ1v) is 10.7. The van der Waals surface area contributed by atoms with E-state index in [9.17, 15) is 9.59 Å². The molecule has 2 aromatic carbocycles. The van der Waals surface area contributed by atoms with Crippen LogP contribution in [0.25, 0.3) is 0 Å². The van der Waals surface area contributed by atoms with Gasteiger partial charge in [-0.05, 0) is 63.6 Å². The first-order chi connectivity index (χ1) is 15.8. The molecule has 8 nitrogen and oxygen atoms in total. The summed E-state index contributed by atoms with van der Waals surface area (Å²) >= 11 is 0. The number of carbonyl (C=O) groups is 2. The van der Waals surface area contributed by atoms with Crippen LogP contribution in [0.15, 0.2) is 47.0 Å². The second kappa shape index (κ2) is 10.7. The van der Waals surface area contributed by atoms with Crippen LogP contribution in [0.5, 0.6) is 11.5 Å². The van der Waals surface area contributed by atoms with Crippen LogP contribution < -0.4 is 20.1 Å². The molecule has 0 bridgehead atoms. The van der Waals surface area contributed by atoms with E-state index in [1.807, 2.05) is 39.8 Å². The minimum absolute atomic E-state index is 0.0365. The van der Waals surface area contributed by atoms with E-state index in [0.29, 0.717) is 34.9 Å². The van der Waals surface area contributed by atoms with Crippen molar-refractivity contribution in [3.63, 3.8) is 0 Å². The van der Waals surface area contributed by atoms with Gasteiger partial charge in [0.05, 0.1) is 24.8 Å². The van der Waals surface area contributed by atoms with Gasteiger partial charge in [-0.25, -0.2) is 0 Å². The highest BCUT2D eigenvalue weighted by Gasteiger charge is 2.14. The average molecular weight is 452 g/mol. The fourth-order valence-electron chi connectivity index (χ4n) is 3.25. The Labute approximate surface area is 193 Å². The molecule has 0 saturated heterocycles. The smallest absolute Gasteiger partial charge is 0.255 e. The van der Waals surface area contributed by atoms with Gasteiger partial charge in [-0.15, -0.1) is 0 Å². The maximum Gasteiger partial charge on any atom is 0.255 e. The maximum absolute atomic E-state index is 12.7. The van der Waals surface area contributed by atoms with Crippen molar-refractivity contribution in [2.45, 2.75) is 46.8 Å². The SMILES string of the molecule is COc1cc(C(=O)Nc2ccc(CC(=O)NC(C)C)cc2)ccc1OCc1c(C)noc1C. The Bertz CT molecular complexity index is 1100. The molecule has 2 N–H and O–H groups in total. The minimum atomic E-state index is -0.282. The van der Waals surface area contributed by atoms with Gasteiger partial charge in [0.15, 0.2) is 11.5 Å². The van der Waals surface area contributed by atoms with E-state index in [4.69, 9.17) is 14.0 Å². The summed E-state index contributed by atoms with van der Waals surface area (Å²) in [6.45, 7) is 7.81. The number of methoxy groups -OCH3 is 1. The number of aryl methyl sites for hydroxylation is 2. The molecule has 0 radical (unpaired) electrons. The average Bonchev–Trinajstić information content (AvgIpc) is 3.10. The molecule has 3 rings (SSSR count). The van der Waals surface area contributed by atoms with Crippen LogP contribution in [-0.4, -0.2) is 30.1 Å². The number of rotatable bonds is 9. The lowest BCUT2D eigenvalue weighted by Crippen LogP contribution is -2.31. The zero-order valence-corrected chi connectivity index (χ0v) is 19.5. The Hall–Kier alpha value is -3.81. The van der Waals surface area contributed by atoms with Crippen molar-refractivity contribution in [1.82, 2.24) is 10.5 Å². The van der Waals surface area contributed by atoms with E-state index in [-0.39, 0.29) is 24.5 Å².